The first-order chi connectivity index (χ1) is 6.24. The molecule has 13 heavy (non-hydrogen) atoms. The highest BCUT2D eigenvalue weighted by Gasteiger charge is 2.01. The van der Waals surface area contributed by atoms with Crippen molar-refractivity contribution >= 4 is 0 Å². The highest BCUT2D eigenvalue weighted by atomic mass is 15.3. The van der Waals surface area contributed by atoms with Crippen molar-refractivity contribution in [2.24, 2.45) is 12.8 Å². The van der Waals surface area contributed by atoms with E-state index in [2.05, 4.69) is 17.3 Å². The highest BCUT2D eigenvalue weighted by Crippen LogP contribution is 1.97. The number of hydrogen-bond donors (Lipinski definition) is 2. The number of nitrogens with one attached hydrogen (secondary N) is 1. The van der Waals surface area contributed by atoms with Gasteiger partial charge in [-0.3, -0.25) is 4.68 Å². The Bertz CT molecular complexity index is 244. The maximum absolute atomic E-state index is 5.45. The molecule has 1 aromatic heterocycles. The minimum absolute atomic E-state index is 0.472. The predicted octanol–water partition coefficient (Wildman–Crippen LogP) is 0.247. The molecule has 3 N–H and O–H groups in total. The Balaban J connectivity index is 2.30. The van der Waals surface area contributed by atoms with E-state index in [0.717, 1.165) is 19.5 Å². The molecule has 0 aliphatic heterocycles. The van der Waals surface area contributed by atoms with E-state index in [1.54, 1.807) is 0 Å². The van der Waals surface area contributed by atoms with Crippen LogP contribution in [0.2, 0.25) is 0 Å². The third-order valence-corrected chi connectivity index (χ3v) is 2.15. The van der Waals surface area contributed by atoms with Crippen molar-refractivity contribution in [1.29, 1.82) is 0 Å². The van der Waals surface area contributed by atoms with Crippen molar-refractivity contribution in [3.63, 3.8) is 0 Å². The Kier molecular flexibility index (Phi) is 3.92. The molecule has 1 aromatic rings. The Hall–Kier alpha value is -0.870. The molecule has 1 rings (SSSR count). The van der Waals surface area contributed by atoms with Gasteiger partial charge in [0, 0.05) is 25.8 Å². The van der Waals surface area contributed by atoms with E-state index in [1.165, 1.54) is 5.69 Å². The zero-order valence-electron chi connectivity index (χ0n) is 8.33. The molecule has 4 nitrogen and oxygen atoms in total. The van der Waals surface area contributed by atoms with Crippen molar-refractivity contribution in [3.8, 4) is 0 Å². The van der Waals surface area contributed by atoms with Gasteiger partial charge in [-0.25, -0.2) is 0 Å². The number of aromatic nitrogens is 2. The first kappa shape index (κ1) is 10.2. The maximum Gasteiger partial charge on any atom is 0.0518 e. The normalized spacial score (nSPS) is 13.2. The van der Waals surface area contributed by atoms with Gasteiger partial charge >= 0.3 is 0 Å². The molecule has 4 heteroatoms. The Morgan fingerprint density at radius 1 is 1.69 bits per heavy atom. The molecule has 0 radical (unpaired) electrons. The van der Waals surface area contributed by atoms with Crippen LogP contribution in [0.15, 0.2) is 12.3 Å². The summed E-state index contributed by atoms with van der Waals surface area (Å²) in [7, 11) is 1.95. The fraction of sp³-hybridized carbons (Fsp3) is 0.667. The lowest BCUT2D eigenvalue weighted by atomic mass is 10.2. The van der Waals surface area contributed by atoms with Crippen LogP contribution in [-0.2, 0) is 13.6 Å². The molecular formula is C9H18N4. The Morgan fingerprint density at radius 2 is 2.46 bits per heavy atom. The first-order valence-corrected chi connectivity index (χ1v) is 4.64. The average molecular weight is 182 g/mol. The molecule has 0 bridgehead atoms. The largest absolute Gasteiger partial charge is 0.330 e. The van der Waals surface area contributed by atoms with E-state index in [1.807, 2.05) is 24.0 Å². The minimum Gasteiger partial charge on any atom is -0.330 e. The monoisotopic (exact) mass is 182 g/mol. The van der Waals surface area contributed by atoms with Crippen LogP contribution >= 0.6 is 0 Å². The van der Waals surface area contributed by atoms with Crippen LogP contribution in [0.3, 0.4) is 0 Å². The van der Waals surface area contributed by atoms with Gasteiger partial charge in [0.25, 0.3) is 0 Å². The fourth-order valence-corrected chi connectivity index (χ4v) is 1.21. The molecule has 0 aromatic carbocycles. The minimum atomic E-state index is 0.472. The molecule has 1 heterocycles. The molecule has 0 fully saturated rings. The standard InChI is InChI=1S/C9H18N4/c1-8(3-5-10)11-7-9-4-6-12-13(9)2/h4,6,8,11H,3,5,7,10H2,1-2H3. The number of hydrogen-bond acceptors (Lipinski definition) is 3. The SMILES string of the molecule is CC(CCN)NCc1ccnn1C. The summed E-state index contributed by atoms with van der Waals surface area (Å²) in [5.74, 6) is 0. The Labute approximate surface area is 79.1 Å². The van der Waals surface area contributed by atoms with Gasteiger partial charge in [0.2, 0.25) is 0 Å². The summed E-state index contributed by atoms with van der Waals surface area (Å²) in [6, 6.07) is 2.49. The van der Waals surface area contributed by atoms with E-state index in [-0.39, 0.29) is 0 Å². The molecule has 0 saturated heterocycles. The van der Waals surface area contributed by atoms with Crippen LogP contribution in [0.4, 0.5) is 0 Å². The van der Waals surface area contributed by atoms with E-state index < -0.39 is 0 Å². The zero-order chi connectivity index (χ0) is 9.68. The number of rotatable bonds is 5. The van der Waals surface area contributed by atoms with Crippen LogP contribution in [0.25, 0.3) is 0 Å². The molecule has 1 atom stereocenters. The van der Waals surface area contributed by atoms with E-state index in [0.29, 0.717) is 6.04 Å². The van der Waals surface area contributed by atoms with Crippen LogP contribution in [-0.4, -0.2) is 22.4 Å². The summed E-state index contributed by atoms with van der Waals surface area (Å²) in [6.07, 6.45) is 2.82. The van der Waals surface area contributed by atoms with Crippen molar-refractivity contribution in [2.75, 3.05) is 6.54 Å². The van der Waals surface area contributed by atoms with Gasteiger partial charge in [-0.1, -0.05) is 0 Å². The van der Waals surface area contributed by atoms with Gasteiger partial charge in [-0.2, -0.15) is 5.10 Å². The summed E-state index contributed by atoms with van der Waals surface area (Å²) in [4.78, 5) is 0. The van der Waals surface area contributed by atoms with Gasteiger partial charge in [0.05, 0.1) is 5.69 Å². The van der Waals surface area contributed by atoms with E-state index >= 15 is 0 Å². The summed E-state index contributed by atoms with van der Waals surface area (Å²) >= 11 is 0. The van der Waals surface area contributed by atoms with Gasteiger partial charge < -0.3 is 11.1 Å². The number of nitrogens with zero attached hydrogens (tertiary/aromatic N) is 2. The first-order valence-electron chi connectivity index (χ1n) is 4.64. The molecular weight excluding hydrogens is 164 g/mol. The third kappa shape index (κ3) is 3.16. The molecule has 0 amide bonds. The molecule has 0 aliphatic carbocycles. The fourth-order valence-electron chi connectivity index (χ4n) is 1.21. The lowest BCUT2D eigenvalue weighted by Gasteiger charge is -2.12. The van der Waals surface area contributed by atoms with Gasteiger partial charge in [0.15, 0.2) is 0 Å². The van der Waals surface area contributed by atoms with Crippen molar-refractivity contribution in [3.05, 3.63) is 18.0 Å². The number of nitrogens with two attached hydrogens (primary N) is 1. The maximum atomic E-state index is 5.45. The van der Waals surface area contributed by atoms with Crippen molar-refractivity contribution in [1.82, 2.24) is 15.1 Å². The zero-order valence-corrected chi connectivity index (χ0v) is 8.33. The Morgan fingerprint density at radius 3 is 3.00 bits per heavy atom. The second kappa shape index (κ2) is 4.99. The van der Waals surface area contributed by atoms with Gasteiger partial charge in [-0.15, -0.1) is 0 Å². The predicted molar refractivity (Wildman–Crippen MR) is 53.2 cm³/mol. The molecule has 74 valence electrons. The lowest BCUT2D eigenvalue weighted by Crippen LogP contribution is -2.28. The second-order valence-electron chi connectivity index (χ2n) is 3.31. The second-order valence-corrected chi connectivity index (χ2v) is 3.31. The van der Waals surface area contributed by atoms with Gasteiger partial charge in [-0.05, 0) is 26.0 Å². The topological polar surface area (TPSA) is 55.9 Å². The summed E-state index contributed by atoms with van der Waals surface area (Å²) in [6.45, 7) is 3.74. The number of aryl methyl sites for hydroxylation is 1. The summed E-state index contributed by atoms with van der Waals surface area (Å²) in [5.41, 5.74) is 6.65. The molecule has 0 aliphatic rings. The van der Waals surface area contributed by atoms with Crippen LogP contribution in [0.5, 0.6) is 0 Å². The van der Waals surface area contributed by atoms with E-state index in [4.69, 9.17) is 5.73 Å². The smallest absolute Gasteiger partial charge is 0.0518 e. The van der Waals surface area contributed by atoms with Crippen LogP contribution in [0.1, 0.15) is 19.0 Å². The van der Waals surface area contributed by atoms with Gasteiger partial charge in [0.1, 0.15) is 0 Å². The molecule has 0 spiro atoms. The quantitative estimate of drug-likeness (QED) is 0.686. The van der Waals surface area contributed by atoms with Crippen molar-refractivity contribution < 1.29 is 0 Å². The molecule has 1 unspecified atom stereocenters. The highest BCUT2D eigenvalue weighted by molar-refractivity contribution is 4.99. The van der Waals surface area contributed by atoms with Crippen LogP contribution in [0, 0.1) is 0 Å². The van der Waals surface area contributed by atoms with Crippen molar-refractivity contribution in [2.45, 2.75) is 25.9 Å². The summed E-state index contributed by atoms with van der Waals surface area (Å²) in [5, 5.41) is 7.48. The third-order valence-electron chi connectivity index (χ3n) is 2.15. The van der Waals surface area contributed by atoms with Crippen LogP contribution < -0.4 is 11.1 Å². The molecule has 0 saturated carbocycles. The average Bonchev–Trinajstić information content (AvgIpc) is 2.48. The van der Waals surface area contributed by atoms with E-state index in [9.17, 15) is 0 Å². The lowest BCUT2D eigenvalue weighted by molar-refractivity contribution is 0.504. The summed E-state index contributed by atoms with van der Waals surface area (Å²) < 4.78 is 1.88.